The average molecular weight is 575 g/mol. The minimum Gasteiger partial charge on any atom is -0.394 e. The third kappa shape index (κ3) is 5.84. The number of hydrogen-bond acceptors (Lipinski definition) is 11. The third-order valence-corrected chi connectivity index (χ3v) is 8.48. The van der Waals surface area contributed by atoms with E-state index < -0.39 is 68.0 Å². The normalized spacial score (nSPS) is 29.0. The van der Waals surface area contributed by atoms with Gasteiger partial charge in [-0.1, -0.05) is 12.2 Å². The predicted octanol–water partition coefficient (Wildman–Crippen LogP) is 0.236. The molecule has 0 spiro atoms. The van der Waals surface area contributed by atoms with Crippen LogP contribution < -0.4 is 16.9 Å². The van der Waals surface area contributed by atoms with Crippen molar-refractivity contribution in [1.29, 1.82) is 0 Å². The summed E-state index contributed by atoms with van der Waals surface area (Å²) in [6, 6.07) is 0. The maximum atomic E-state index is 13.1. The zero-order valence-corrected chi connectivity index (χ0v) is 23.0. The Bertz CT molecular complexity index is 1480. The van der Waals surface area contributed by atoms with Gasteiger partial charge in [0.05, 0.1) is 25.4 Å². The van der Waals surface area contributed by atoms with Gasteiger partial charge in [0.15, 0.2) is 0 Å². The molecule has 2 aromatic heterocycles. The number of H-pyrrole nitrogens is 1. The quantitative estimate of drug-likeness (QED) is 0.291. The van der Waals surface area contributed by atoms with Crippen molar-refractivity contribution in [2.45, 2.75) is 63.6 Å². The van der Waals surface area contributed by atoms with Crippen molar-refractivity contribution in [2.75, 3.05) is 19.9 Å². The number of rotatable bonds is 8. The minimum absolute atomic E-state index is 0.0561. The van der Waals surface area contributed by atoms with E-state index in [2.05, 4.69) is 4.98 Å². The first kappa shape index (κ1) is 28.8. The van der Waals surface area contributed by atoms with E-state index in [0.717, 1.165) is 0 Å². The summed E-state index contributed by atoms with van der Waals surface area (Å²) in [6.07, 6.45) is -2.25. The minimum atomic E-state index is -3.76. The molecule has 2 saturated heterocycles. The Morgan fingerprint density at radius 1 is 1.11 bits per heavy atom. The number of aryl methyl sites for hydroxylation is 2. The fourth-order valence-electron chi connectivity index (χ4n) is 4.52. The van der Waals surface area contributed by atoms with Crippen LogP contribution in [-0.2, 0) is 30.1 Å². The molecule has 3 N–H and O–H groups in total. The molecule has 0 aliphatic carbocycles. The van der Waals surface area contributed by atoms with Crippen LogP contribution in [-0.4, -0.2) is 73.2 Å². The second kappa shape index (κ2) is 11.1. The van der Waals surface area contributed by atoms with Crippen LogP contribution in [0, 0.1) is 18.5 Å². The van der Waals surface area contributed by atoms with Gasteiger partial charge in [0, 0.05) is 50.1 Å². The highest BCUT2D eigenvalue weighted by Gasteiger charge is 2.42. The van der Waals surface area contributed by atoms with E-state index in [4.69, 9.17) is 30.7 Å². The molecule has 2 aromatic rings. The molecular weight excluding hydrogens is 543 g/mol. The van der Waals surface area contributed by atoms with Gasteiger partial charge in [-0.15, -0.1) is 0 Å². The van der Waals surface area contributed by atoms with Gasteiger partial charge in [0.2, 0.25) is 0 Å². The van der Waals surface area contributed by atoms with Gasteiger partial charge in [-0.2, -0.15) is 0 Å². The van der Waals surface area contributed by atoms with Crippen LogP contribution in [0.25, 0.3) is 0 Å². The summed E-state index contributed by atoms with van der Waals surface area (Å²) >= 11 is 5.21. The molecule has 0 bridgehead atoms. The van der Waals surface area contributed by atoms with E-state index in [1.54, 1.807) is 20.2 Å². The zero-order valence-electron chi connectivity index (χ0n) is 21.3. The summed E-state index contributed by atoms with van der Waals surface area (Å²) in [5.41, 5.74) is -0.618. The van der Waals surface area contributed by atoms with Crippen molar-refractivity contribution >= 4 is 19.8 Å². The monoisotopic (exact) mass is 574 g/mol. The summed E-state index contributed by atoms with van der Waals surface area (Å²) in [5.74, 6) is 0. The number of hydrogen-bond donors (Lipinski definition) is 3. The molecule has 16 heteroatoms. The maximum absolute atomic E-state index is 13.1. The number of aliphatic hydroxyl groups excluding tert-OH is 2. The Labute approximate surface area is 221 Å². The van der Waals surface area contributed by atoms with Gasteiger partial charge in [0.25, 0.3) is 5.56 Å². The fraction of sp³-hybridized carbons (Fsp3) is 0.636. The first-order valence-electron chi connectivity index (χ1n) is 11.9. The summed E-state index contributed by atoms with van der Waals surface area (Å²) in [7, 11) is -2.20. The molecule has 4 rings (SSSR count). The number of aromatic nitrogens is 4. The Morgan fingerprint density at radius 3 is 2.42 bits per heavy atom. The predicted molar refractivity (Wildman–Crippen MR) is 136 cm³/mol. The van der Waals surface area contributed by atoms with E-state index in [9.17, 15) is 29.2 Å². The molecule has 4 heterocycles. The summed E-state index contributed by atoms with van der Waals surface area (Å²) in [4.78, 5) is 38.7. The molecule has 2 fully saturated rings. The van der Waals surface area contributed by atoms with Crippen LogP contribution in [0.3, 0.4) is 0 Å². The molecule has 0 saturated carbocycles. The van der Waals surface area contributed by atoms with Crippen molar-refractivity contribution < 1.29 is 33.3 Å². The standard InChI is InChI=1S/C22H31N4O10PS/c1-11-7-25(21(30)23-19(11)29)18-6-14(15(9-27)34-18)36-37(4,32)33-10-16-13(28)5-17(35-16)26-8-12(2)20(38)24(3)22(26)31/h7-8,13-18,27-28H,5-6,9-10H2,1-4H3,(H,23,29,30)/t13-,14-,15+,16+,17+,18+,37+/m0/s1. The highest BCUT2D eigenvalue weighted by molar-refractivity contribution is 7.71. The summed E-state index contributed by atoms with van der Waals surface area (Å²) < 4.78 is 40.1. The van der Waals surface area contributed by atoms with E-state index in [1.807, 2.05) is 0 Å². The van der Waals surface area contributed by atoms with Crippen LogP contribution in [0.15, 0.2) is 26.8 Å². The molecule has 0 aromatic carbocycles. The molecule has 0 amide bonds. The Morgan fingerprint density at radius 2 is 1.74 bits per heavy atom. The third-order valence-electron chi connectivity index (χ3n) is 6.61. The molecule has 210 valence electrons. The van der Waals surface area contributed by atoms with Crippen LogP contribution in [0.2, 0.25) is 0 Å². The van der Waals surface area contributed by atoms with Crippen LogP contribution in [0.4, 0.5) is 0 Å². The molecule has 38 heavy (non-hydrogen) atoms. The lowest BCUT2D eigenvalue weighted by Gasteiger charge is -2.23. The second-order valence-electron chi connectivity index (χ2n) is 9.54. The first-order chi connectivity index (χ1) is 17.8. The topological polar surface area (TPSA) is 176 Å². The lowest BCUT2D eigenvalue weighted by atomic mass is 10.2. The Hall–Kier alpha value is -2.23. The van der Waals surface area contributed by atoms with Crippen LogP contribution in [0.1, 0.15) is 36.4 Å². The summed E-state index contributed by atoms with van der Waals surface area (Å²) in [6.45, 7) is 3.77. The first-order valence-corrected chi connectivity index (χ1v) is 14.3. The highest BCUT2D eigenvalue weighted by atomic mass is 32.1. The van der Waals surface area contributed by atoms with Crippen molar-refractivity contribution in [2.24, 2.45) is 7.05 Å². The van der Waals surface area contributed by atoms with Gasteiger partial charge in [0.1, 0.15) is 29.3 Å². The molecule has 0 radical (unpaired) electrons. The van der Waals surface area contributed by atoms with Crippen molar-refractivity contribution in [3.05, 3.63) is 59.5 Å². The largest absolute Gasteiger partial charge is 0.394 e. The molecule has 7 atom stereocenters. The van der Waals surface area contributed by atoms with E-state index in [-0.39, 0.29) is 19.4 Å². The smallest absolute Gasteiger partial charge is 0.331 e. The molecule has 0 unspecified atom stereocenters. The molecular formula is C22H31N4O10PS. The van der Waals surface area contributed by atoms with Crippen LogP contribution >= 0.6 is 19.8 Å². The SMILES string of the molecule is Cc1cn([C@H]2C[C@H](O[P@](C)(=O)OC[C@H]3O[C@@H](n4cc(C)c(=S)n(C)c4=O)C[C@@H]3O)[C@@H](CO)O2)c(=O)[nH]c1=O. The van der Waals surface area contributed by atoms with E-state index in [0.29, 0.717) is 15.8 Å². The summed E-state index contributed by atoms with van der Waals surface area (Å²) in [5, 5.41) is 20.3. The number of nitrogens with one attached hydrogen (secondary N) is 1. The van der Waals surface area contributed by atoms with Gasteiger partial charge < -0.3 is 28.7 Å². The van der Waals surface area contributed by atoms with Gasteiger partial charge in [-0.3, -0.25) is 28.0 Å². The van der Waals surface area contributed by atoms with Gasteiger partial charge in [-0.25, -0.2) is 9.59 Å². The van der Waals surface area contributed by atoms with E-state index in [1.165, 1.54) is 33.5 Å². The average Bonchev–Trinajstić information content (AvgIpc) is 3.43. The zero-order chi connectivity index (χ0) is 27.9. The Kier molecular flexibility index (Phi) is 8.40. The molecule has 2 aliphatic rings. The van der Waals surface area contributed by atoms with Crippen molar-refractivity contribution in [3.63, 3.8) is 0 Å². The second-order valence-corrected chi connectivity index (χ2v) is 11.9. The lowest BCUT2D eigenvalue weighted by Crippen LogP contribution is -2.33. The van der Waals surface area contributed by atoms with Gasteiger partial charge >= 0.3 is 19.0 Å². The Balaban J connectivity index is 1.40. The van der Waals surface area contributed by atoms with Crippen LogP contribution in [0.5, 0.6) is 0 Å². The van der Waals surface area contributed by atoms with Gasteiger partial charge in [-0.05, 0) is 13.8 Å². The molecule has 14 nitrogen and oxygen atoms in total. The van der Waals surface area contributed by atoms with E-state index >= 15 is 0 Å². The number of aromatic amines is 1. The molecule has 2 aliphatic heterocycles. The number of aliphatic hydroxyl groups is 2. The number of ether oxygens (including phenoxy) is 2. The fourth-order valence-corrected chi connectivity index (χ4v) is 5.84. The lowest BCUT2D eigenvalue weighted by molar-refractivity contribution is -0.0522. The maximum Gasteiger partial charge on any atom is 0.331 e. The van der Waals surface area contributed by atoms with Crippen molar-refractivity contribution in [1.82, 2.24) is 18.7 Å². The number of nitrogens with zero attached hydrogens (tertiary/aromatic N) is 3. The highest BCUT2D eigenvalue weighted by Crippen LogP contribution is 2.49. The van der Waals surface area contributed by atoms with Crippen molar-refractivity contribution in [3.8, 4) is 0 Å².